The van der Waals surface area contributed by atoms with Crippen molar-refractivity contribution < 1.29 is 85.7 Å². The van der Waals surface area contributed by atoms with Crippen molar-refractivity contribution in [1.82, 2.24) is 0 Å². The van der Waals surface area contributed by atoms with E-state index in [0.29, 0.717) is 0 Å². The minimum atomic E-state index is -1.27. The van der Waals surface area contributed by atoms with Gasteiger partial charge in [-0.1, -0.05) is 48.6 Å². The van der Waals surface area contributed by atoms with Crippen molar-refractivity contribution in [3.05, 3.63) is 47.5 Å². The molecule has 0 bridgehead atoms. The van der Waals surface area contributed by atoms with E-state index in [1.165, 1.54) is 27.7 Å². The minimum absolute atomic E-state index is 0.136. The van der Waals surface area contributed by atoms with Crippen molar-refractivity contribution in [2.75, 3.05) is 13.2 Å². The molecular weight excluding hydrogens is 768 g/mol. The molecule has 58 heavy (non-hydrogen) atoms. The molecule has 10 atom stereocenters. The van der Waals surface area contributed by atoms with Crippen LogP contribution in [0.1, 0.15) is 79.4 Å². The summed E-state index contributed by atoms with van der Waals surface area (Å²) in [6.45, 7) is 8.65. The molecule has 3 rings (SSSR count). The van der Waals surface area contributed by atoms with Gasteiger partial charge >= 0.3 is 47.8 Å². The highest BCUT2D eigenvalue weighted by Crippen LogP contribution is 2.33. The summed E-state index contributed by atoms with van der Waals surface area (Å²) < 4.78 is 55.4. The van der Waals surface area contributed by atoms with Crippen LogP contribution in [0.4, 0.5) is 0 Å². The maximum atomic E-state index is 12.1. The third kappa shape index (κ3) is 15.0. The Balaban J connectivity index is 1.80. The van der Waals surface area contributed by atoms with Crippen molar-refractivity contribution >= 4 is 59.9 Å². The van der Waals surface area contributed by atoms with Crippen molar-refractivity contribution in [3.63, 3.8) is 0 Å². The molecule has 0 radical (unpaired) electrons. The number of hydrogen-bond acceptors (Lipinski definition) is 18. The van der Waals surface area contributed by atoms with Crippen LogP contribution in [0.5, 0.6) is 0 Å². The Morgan fingerprint density at radius 2 is 0.672 bits per heavy atom. The summed E-state index contributed by atoms with van der Waals surface area (Å²) in [7, 11) is 0. The van der Waals surface area contributed by atoms with Crippen molar-refractivity contribution in [1.29, 1.82) is 0 Å². The number of rotatable bonds is 16. The Kier molecular flexibility index (Phi) is 18.0. The summed E-state index contributed by atoms with van der Waals surface area (Å²) in [6.07, 6.45) is -4.01. The smallest absolute Gasteiger partial charge is 0.303 e. The Morgan fingerprint density at radius 1 is 0.414 bits per heavy atom. The maximum absolute atomic E-state index is 12.1. The zero-order valence-electron chi connectivity index (χ0n) is 33.6. The summed E-state index contributed by atoms with van der Waals surface area (Å²) in [5.74, 6) is -5.54. The molecule has 0 spiro atoms. The fourth-order valence-corrected chi connectivity index (χ4v) is 6.41. The van der Waals surface area contributed by atoms with E-state index >= 15 is 0 Å². The van der Waals surface area contributed by atoms with Crippen molar-refractivity contribution in [2.24, 2.45) is 0 Å². The van der Waals surface area contributed by atoms with E-state index in [0.717, 1.165) is 38.8 Å². The lowest BCUT2D eigenvalue weighted by atomic mass is 9.92. The molecule has 2 aliphatic heterocycles. The summed E-state index contributed by atoms with van der Waals surface area (Å²) in [6, 6.07) is 7.27. The van der Waals surface area contributed by atoms with Crippen LogP contribution in [0.25, 0.3) is 12.2 Å². The number of benzene rings is 1. The first-order valence-corrected chi connectivity index (χ1v) is 18.4. The van der Waals surface area contributed by atoms with Gasteiger partial charge in [0.15, 0.2) is 36.6 Å². The lowest BCUT2D eigenvalue weighted by molar-refractivity contribution is -0.251. The van der Waals surface area contributed by atoms with Gasteiger partial charge in [-0.05, 0) is 24.0 Å². The van der Waals surface area contributed by atoms with Crippen molar-refractivity contribution in [3.8, 4) is 0 Å². The number of esters is 8. The summed E-state index contributed by atoms with van der Waals surface area (Å²) in [4.78, 5) is 95.7. The lowest BCUT2D eigenvalue weighted by Gasteiger charge is -2.44. The molecule has 0 amide bonds. The van der Waals surface area contributed by atoms with E-state index in [2.05, 4.69) is 0 Å². The van der Waals surface area contributed by atoms with Gasteiger partial charge < -0.3 is 47.4 Å². The molecule has 2 saturated heterocycles. The first-order chi connectivity index (χ1) is 27.3. The molecule has 318 valence electrons. The molecule has 0 N–H and O–H groups in total. The predicted octanol–water partition coefficient (Wildman–Crippen LogP) is 2.74. The molecule has 0 unspecified atom stereocenters. The van der Waals surface area contributed by atoms with Crippen LogP contribution in [0.2, 0.25) is 0 Å². The summed E-state index contributed by atoms with van der Waals surface area (Å²) >= 11 is 0. The Hall–Kier alpha value is -5.62. The number of hydrogen-bond donors (Lipinski definition) is 0. The van der Waals surface area contributed by atoms with Crippen LogP contribution >= 0.6 is 0 Å². The van der Waals surface area contributed by atoms with Crippen LogP contribution in [0, 0.1) is 0 Å². The molecule has 2 heterocycles. The fraction of sp³-hybridized carbons (Fsp3) is 0.550. The van der Waals surface area contributed by atoms with E-state index in [4.69, 9.17) is 47.4 Å². The molecule has 0 aromatic heterocycles. The van der Waals surface area contributed by atoms with E-state index < -0.39 is 109 Å². The molecule has 18 nitrogen and oxygen atoms in total. The highest BCUT2D eigenvalue weighted by Gasteiger charge is 2.53. The lowest BCUT2D eigenvalue weighted by Crippen LogP contribution is -2.62. The highest BCUT2D eigenvalue weighted by atomic mass is 16.7. The van der Waals surface area contributed by atoms with Gasteiger partial charge in [0.25, 0.3) is 0 Å². The zero-order valence-corrected chi connectivity index (χ0v) is 33.6. The molecule has 1 aromatic rings. The second-order valence-electron chi connectivity index (χ2n) is 13.4. The molecular formula is C40H50O18. The molecule has 1 aromatic carbocycles. The quantitative estimate of drug-likeness (QED) is 0.172. The Labute approximate surface area is 335 Å². The van der Waals surface area contributed by atoms with E-state index in [1.54, 1.807) is 24.3 Å². The van der Waals surface area contributed by atoms with Gasteiger partial charge in [0.1, 0.15) is 37.6 Å². The van der Waals surface area contributed by atoms with Crippen LogP contribution in [0.3, 0.4) is 0 Å². The molecule has 0 saturated carbocycles. The second-order valence-corrected chi connectivity index (χ2v) is 13.4. The topological polar surface area (TPSA) is 229 Å². The average Bonchev–Trinajstić information content (AvgIpc) is 3.10. The molecule has 18 heteroatoms. The fourth-order valence-electron chi connectivity index (χ4n) is 6.41. The van der Waals surface area contributed by atoms with Crippen LogP contribution in [-0.4, -0.2) is 122 Å². The van der Waals surface area contributed by atoms with Crippen LogP contribution in [-0.2, 0) is 85.7 Å². The van der Waals surface area contributed by atoms with Gasteiger partial charge in [-0.15, -0.1) is 0 Å². The third-order valence-electron chi connectivity index (χ3n) is 8.47. The molecule has 0 aliphatic carbocycles. The van der Waals surface area contributed by atoms with E-state index in [1.807, 2.05) is 24.3 Å². The zero-order chi connectivity index (χ0) is 43.1. The van der Waals surface area contributed by atoms with Gasteiger partial charge in [0.05, 0.1) is 0 Å². The molecule has 2 aliphatic rings. The van der Waals surface area contributed by atoms with Gasteiger partial charge in [0.2, 0.25) is 0 Å². The van der Waals surface area contributed by atoms with Gasteiger partial charge in [-0.2, -0.15) is 0 Å². The standard InChI is InChI=1S/C40H50O18/c1-21(41)49-19-33-37(53-25(5)45)39(55-27(7)47)35(51-23(3)43)31(57-33)13-9-11-29-15-17-30(18-16-29)12-10-14-32-36(52-24(4)44)40(56-28(8)48)38(54-26(6)46)34(58-32)20-50-22(2)42/h9-12,15-18,31-40H,13-14,19-20H2,1-8H3/b11-9+,12-10+/t31-,32-,33-,34-,35-,36-,37-,38-,39-,40-/m1/s1. The average molecular weight is 819 g/mol. The highest BCUT2D eigenvalue weighted by molar-refractivity contribution is 5.70. The first-order valence-electron chi connectivity index (χ1n) is 18.4. The van der Waals surface area contributed by atoms with Gasteiger partial charge in [0, 0.05) is 55.4 Å². The monoisotopic (exact) mass is 818 g/mol. The Bertz CT molecular complexity index is 1580. The largest absolute Gasteiger partial charge is 0.463 e. The van der Waals surface area contributed by atoms with Crippen LogP contribution in [0.15, 0.2) is 36.4 Å². The SMILES string of the molecule is CC(=O)OC[C@H]1O[C@H](C/C=C/c2ccc(/C=C/C[C@H]3O[C@H](COC(C)=O)[C@@H](OC(C)=O)[C@H](OC(C)=O)[C@@H]3OC(C)=O)cc2)[C@@H](OC(C)=O)[C@@H](OC(C)=O)[C@@H]1OC(C)=O. The van der Waals surface area contributed by atoms with Crippen LogP contribution < -0.4 is 0 Å². The second kappa shape index (κ2) is 22.4. The van der Waals surface area contributed by atoms with E-state index in [9.17, 15) is 38.4 Å². The Morgan fingerprint density at radius 3 is 0.931 bits per heavy atom. The van der Waals surface area contributed by atoms with Crippen molar-refractivity contribution in [2.45, 2.75) is 129 Å². The normalized spacial score (nSPS) is 26.8. The maximum Gasteiger partial charge on any atom is 0.303 e. The number of carbonyl (C=O) groups excluding carboxylic acids is 8. The molecule has 2 fully saturated rings. The van der Waals surface area contributed by atoms with Gasteiger partial charge in [-0.25, -0.2) is 0 Å². The third-order valence-corrected chi connectivity index (χ3v) is 8.47. The van der Waals surface area contributed by atoms with E-state index in [-0.39, 0.29) is 26.1 Å². The summed E-state index contributed by atoms with van der Waals surface area (Å²) in [5, 5.41) is 0. The number of carbonyl (C=O) groups is 8. The number of ether oxygens (including phenoxy) is 10. The minimum Gasteiger partial charge on any atom is -0.463 e. The summed E-state index contributed by atoms with van der Waals surface area (Å²) in [5.41, 5.74) is 1.53. The predicted molar refractivity (Wildman–Crippen MR) is 198 cm³/mol. The first kappa shape index (κ1) is 46.8. The van der Waals surface area contributed by atoms with Gasteiger partial charge in [-0.3, -0.25) is 38.4 Å².